The van der Waals surface area contributed by atoms with Gasteiger partial charge in [0.1, 0.15) is 0 Å². The van der Waals surface area contributed by atoms with Crippen LogP contribution in [0.25, 0.3) is 0 Å². The molecule has 0 spiro atoms. The number of aromatic nitrogens is 3. The predicted octanol–water partition coefficient (Wildman–Crippen LogP) is 3.34. The first-order valence-electron chi connectivity index (χ1n) is 9.58. The molecule has 2 N–H and O–H groups in total. The topological polar surface area (TPSA) is 89.2 Å². The predicted molar refractivity (Wildman–Crippen MR) is 121 cm³/mol. The van der Waals surface area contributed by atoms with Crippen molar-refractivity contribution in [1.82, 2.24) is 14.1 Å². The van der Waals surface area contributed by atoms with Crippen LogP contribution in [0.1, 0.15) is 18.9 Å². The third-order valence-corrected chi connectivity index (χ3v) is 5.78. The fraction of sp³-hybridized carbons (Fsp3) is 0.286. The molecule has 0 bridgehead atoms. The number of aliphatic hydroxyl groups excluding tert-OH is 1. The number of aliphatic hydroxyl groups is 1. The molecule has 0 amide bonds. The molecular formula is C21H23ClN4O3S. The van der Waals surface area contributed by atoms with Gasteiger partial charge in [-0.25, -0.2) is 14.2 Å². The number of nitrogens with zero attached hydrogens (tertiary/aromatic N) is 3. The van der Waals surface area contributed by atoms with E-state index in [2.05, 4.69) is 17.2 Å². The fourth-order valence-electron chi connectivity index (χ4n) is 2.81. The molecule has 0 saturated carbocycles. The van der Waals surface area contributed by atoms with Crippen molar-refractivity contribution in [2.24, 2.45) is 0 Å². The van der Waals surface area contributed by atoms with Crippen LogP contribution in [0.4, 0.5) is 11.6 Å². The number of anilines is 2. The lowest BCUT2D eigenvalue weighted by Gasteiger charge is -2.15. The molecule has 0 unspecified atom stereocenters. The highest BCUT2D eigenvalue weighted by atomic mass is 35.5. The molecule has 9 heteroatoms. The summed E-state index contributed by atoms with van der Waals surface area (Å²) in [4.78, 5) is 30.5. The Morgan fingerprint density at radius 2 is 1.77 bits per heavy atom. The van der Waals surface area contributed by atoms with Gasteiger partial charge in [0, 0.05) is 15.6 Å². The van der Waals surface area contributed by atoms with Gasteiger partial charge >= 0.3 is 11.4 Å². The summed E-state index contributed by atoms with van der Waals surface area (Å²) in [6, 6.07) is 14.8. The van der Waals surface area contributed by atoms with E-state index in [9.17, 15) is 14.7 Å². The zero-order valence-corrected chi connectivity index (χ0v) is 18.1. The summed E-state index contributed by atoms with van der Waals surface area (Å²) in [5.74, 6) is 1.18. The summed E-state index contributed by atoms with van der Waals surface area (Å²) in [5.41, 5.74) is 0.287. The monoisotopic (exact) mass is 446 g/mol. The molecule has 1 heterocycles. The Balaban J connectivity index is 1.96. The van der Waals surface area contributed by atoms with E-state index in [1.807, 2.05) is 24.3 Å². The van der Waals surface area contributed by atoms with Crippen molar-refractivity contribution in [2.75, 3.05) is 17.7 Å². The van der Waals surface area contributed by atoms with Crippen molar-refractivity contribution in [1.29, 1.82) is 0 Å². The molecule has 0 aliphatic heterocycles. The number of halogens is 1. The van der Waals surface area contributed by atoms with Crippen LogP contribution >= 0.6 is 23.4 Å². The standard InChI is InChI=1S/C21H23ClN4O3S/c1-2-13-30-18-9-7-17(8-10-18)23-19-24-20(28)25(11-12-27)21(29)26(19)14-15-3-5-16(22)6-4-15/h3-10,27H,2,11-14H2,1H3,(H,23,24,28). The molecule has 158 valence electrons. The first-order valence-corrected chi connectivity index (χ1v) is 10.9. The third-order valence-electron chi connectivity index (χ3n) is 4.31. The van der Waals surface area contributed by atoms with Crippen molar-refractivity contribution in [3.8, 4) is 0 Å². The number of benzene rings is 2. The lowest BCUT2D eigenvalue weighted by molar-refractivity contribution is 0.268. The Morgan fingerprint density at radius 1 is 1.07 bits per heavy atom. The second kappa shape index (κ2) is 10.5. The van der Waals surface area contributed by atoms with E-state index >= 15 is 0 Å². The summed E-state index contributed by atoms with van der Waals surface area (Å²) < 4.78 is 2.30. The number of rotatable bonds is 9. The van der Waals surface area contributed by atoms with Gasteiger partial charge in [0.15, 0.2) is 0 Å². The molecule has 3 rings (SSSR count). The van der Waals surface area contributed by atoms with Crippen molar-refractivity contribution >= 4 is 35.0 Å². The third kappa shape index (κ3) is 5.53. The summed E-state index contributed by atoms with van der Waals surface area (Å²) in [6.45, 7) is 1.88. The highest BCUT2D eigenvalue weighted by Crippen LogP contribution is 2.22. The van der Waals surface area contributed by atoms with Gasteiger partial charge in [-0.3, -0.25) is 4.57 Å². The minimum absolute atomic E-state index is 0.116. The zero-order valence-electron chi connectivity index (χ0n) is 16.5. The Hall–Kier alpha value is -2.55. The van der Waals surface area contributed by atoms with Gasteiger partial charge in [-0.2, -0.15) is 4.98 Å². The number of hydrogen-bond donors (Lipinski definition) is 2. The molecule has 1 aromatic heterocycles. The maximum Gasteiger partial charge on any atom is 0.355 e. The van der Waals surface area contributed by atoms with E-state index in [1.165, 1.54) is 4.57 Å². The molecule has 30 heavy (non-hydrogen) atoms. The fourth-order valence-corrected chi connectivity index (χ4v) is 3.71. The lowest BCUT2D eigenvalue weighted by Crippen LogP contribution is -2.43. The molecule has 0 saturated heterocycles. The van der Waals surface area contributed by atoms with Crippen molar-refractivity contribution in [3.05, 3.63) is 80.1 Å². The van der Waals surface area contributed by atoms with Gasteiger partial charge in [0.25, 0.3) is 0 Å². The van der Waals surface area contributed by atoms with Gasteiger partial charge < -0.3 is 10.4 Å². The normalized spacial score (nSPS) is 10.9. The molecule has 2 aromatic carbocycles. The highest BCUT2D eigenvalue weighted by Gasteiger charge is 2.14. The van der Waals surface area contributed by atoms with Crippen LogP contribution in [0.3, 0.4) is 0 Å². The molecule has 0 fully saturated rings. The Labute approximate surface area is 183 Å². The van der Waals surface area contributed by atoms with Crippen LogP contribution in [0.2, 0.25) is 5.02 Å². The van der Waals surface area contributed by atoms with Crippen molar-refractivity contribution in [2.45, 2.75) is 31.3 Å². The van der Waals surface area contributed by atoms with E-state index < -0.39 is 11.4 Å². The first-order chi connectivity index (χ1) is 14.5. The number of nitrogens with one attached hydrogen (secondary N) is 1. The van der Waals surface area contributed by atoms with Crippen LogP contribution < -0.4 is 16.7 Å². The maximum absolute atomic E-state index is 12.9. The van der Waals surface area contributed by atoms with Crippen LogP contribution in [0.5, 0.6) is 0 Å². The van der Waals surface area contributed by atoms with Crippen molar-refractivity contribution in [3.63, 3.8) is 0 Å². The van der Waals surface area contributed by atoms with Crippen LogP contribution in [-0.4, -0.2) is 31.6 Å². The van der Waals surface area contributed by atoms with E-state index in [0.717, 1.165) is 27.2 Å². The summed E-state index contributed by atoms with van der Waals surface area (Å²) in [7, 11) is 0. The molecular weight excluding hydrogens is 424 g/mol. The molecule has 0 atom stereocenters. The molecule has 7 nitrogen and oxygen atoms in total. The van der Waals surface area contributed by atoms with E-state index in [4.69, 9.17) is 11.6 Å². The second-order valence-corrected chi connectivity index (χ2v) is 8.19. The van der Waals surface area contributed by atoms with Gasteiger partial charge in [0.05, 0.1) is 19.7 Å². The Bertz CT molecular complexity index is 1100. The minimum atomic E-state index is -0.709. The largest absolute Gasteiger partial charge is 0.395 e. The minimum Gasteiger partial charge on any atom is -0.395 e. The molecule has 3 aromatic rings. The highest BCUT2D eigenvalue weighted by molar-refractivity contribution is 7.99. The quantitative estimate of drug-likeness (QED) is 0.490. The molecule has 0 aliphatic carbocycles. The molecule has 0 radical (unpaired) electrons. The SMILES string of the molecule is CCCSc1ccc(Nc2nc(=O)n(CCO)c(=O)n2Cc2ccc(Cl)cc2)cc1. The maximum atomic E-state index is 12.9. The van der Waals surface area contributed by atoms with E-state index in [-0.39, 0.29) is 25.6 Å². The van der Waals surface area contributed by atoms with Crippen LogP contribution in [0, 0.1) is 0 Å². The summed E-state index contributed by atoms with van der Waals surface area (Å²) >= 11 is 7.72. The van der Waals surface area contributed by atoms with Gasteiger partial charge in [0.2, 0.25) is 5.95 Å². The Kier molecular flexibility index (Phi) is 7.73. The van der Waals surface area contributed by atoms with Gasteiger partial charge in [-0.1, -0.05) is 30.7 Å². The van der Waals surface area contributed by atoms with Gasteiger partial charge in [-0.05, 0) is 54.1 Å². The number of thioether (sulfide) groups is 1. The van der Waals surface area contributed by atoms with Crippen LogP contribution in [0.15, 0.2) is 63.0 Å². The van der Waals surface area contributed by atoms with Crippen molar-refractivity contribution < 1.29 is 5.11 Å². The first kappa shape index (κ1) is 22.1. The average Bonchev–Trinajstić information content (AvgIpc) is 2.75. The summed E-state index contributed by atoms with van der Waals surface area (Å²) in [5, 5.41) is 12.9. The molecule has 0 aliphatic rings. The van der Waals surface area contributed by atoms with E-state index in [0.29, 0.717) is 10.7 Å². The Morgan fingerprint density at radius 3 is 2.40 bits per heavy atom. The van der Waals surface area contributed by atoms with Gasteiger partial charge in [-0.15, -0.1) is 11.8 Å². The second-order valence-electron chi connectivity index (χ2n) is 6.59. The van der Waals surface area contributed by atoms with E-state index in [1.54, 1.807) is 36.0 Å². The zero-order chi connectivity index (χ0) is 21.5. The van der Waals surface area contributed by atoms with Crippen LogP contribution in [-0.2, 0) is 13.1 Å². The number of hydrogen-bond acceptors (Lipinski definition) is 6. The smallest absolute Gasteiger partial charge is 0.355 e. The lowest BCUT2D eigenvalue weighted by atomic mass is 10.2. The average molecular weight is 447 g/mol. The summed E-state index contributed by atoms with van der Waals surface area (Å²) in [6.07, 6.45) is 1.09.